The molecular weight excluding hydrogens is 644 g/mol. The Morgan fingerprint density at radius 3 is 2.29 bits per heavy atom. The van der Waals surface area contributed by atoms with E-state index >= 15 is 0 Å². The highest BCUT2D eigenvalue weighted by molar-refractivity contribution is 5.95. The number of nitrogens with one attached hydrogen (secondary N) is 4. The van der Waals surface area contributed by atoms with E-state index in [4.69, 9.17) is 9.47 Å². The van der Waals surface area contributed by atoms with Crippen LogP contribution in [0.15, 0.2) is 17.1 Å². The largest absolute Gasteiger partial charge is 0.510 e. The molecule has 0 spiro atoms. The first-order valence-corrected chi connectivity index (χ1v) is 18.8. The van der Waals surface area contributed by atoms with Gasteiger partial charge in [-0.3, -0.25) is 9.59 Å². The molecule has 6 N–H and O–H groups in total. The molecule has 0 radical (unpaired) electrons. The average Bonchev–Trinajstić information content (AvgIpc) is 3.84. The molecule has 2 aromatic rings. The van der Waals surface area contributed by atoms with Crippen LogP contribution in [0.5, 0.6) is 0 Å². The number of hydrogen-bond acceptors (Lipinski definition) is 8. The van der Waals surface area contributed by atoms with Crippen molar-refractivity contribution in [3.05, 3.63) is 61.4 Å². The maximum absolute atomic E-state index is 13.5. The van der Waals surface area contributed by atoms with Crippen LogP contribution in [0.4, 0.5) is 0 Å². The number of aromatic nitrogens is 2. The zero-order chi connectivity index (χ0) is 36.9. The molecule has 10 heteroatoms. The van der Waals surface area contributed by atoms with Gasteiger partial charge in [-0.25, -0.2) is 0 Å². The van der Waals surface area contributed by atoms with E-state index in [-0.39, 0.29) is 41.8 Å². The van der Waals surface area contributed by atoms with E-state index in [1.165, 1.54) is 7.11 Å². The fraction of sp³-hybridized carbons (Fsp3) is 0.561. The van der Waals surface area contributed by atoms with Gasteiger partial charge in [-0.05, 0) is 86.8 Å². The van der Waals surface area contributed by atoms with Crippen LogP contribution < -0.4 is 21.2 Å². The summed E-state index contributed by atoms with van der Waals surface area (Å²) in [6.07, 6.45) is 9.21. The number of allylic oxidation sites excluding steroid dienone is 3. The fourth-order valence-corrected chi connectivity index (χ4v) is 8.85. The standard InChI is InChI=1S/C41H56N4O6/c1-10-19(3)14-15-51-33(47)13-12-26-21(5)28-16-29-22(6)34(24(8)46)32(43-29)18-27-20(4)25(11-2)31(42-27)17-30-23(7)35-39(45-30)36(38(26)44-28)37(40(35)48)41(49)50-9/h16-21,24-26,37-38,42-46,48H,10-15H2,1-9H3/b27-18-,28-16-,31-17-/t19?,20-,21+,24?,25-,26+,37-,38?/m1/s1. The van der Waals surface area contributed by atoms with Crippen LogP contribution in [0.2, 0.25) is 0 Å². The molecule has 0 amide bonds. The zero-order valence-corrected chi connectivity index (χ0v) is 31.6. The molecule has 1 aliphatic carbocycles. The summed E-state index contributed by atoms with van der Waals surface area (Å²) in [6.45, 7) is 17.0. The number of rotatable bonds is 10. The average molecular weight is 701 g/mol. The Labute approximate surface area is 301 Å². The fourth-order valence-electron chi connectivity index (χ4n) is 8.85. The molecule has 10 nitrogen and oxygen atoms in total. The second-order valence-electron chi connectivity index (χ2n) is 15.2. The predicted molar refractivity (Wildman–Crippen MR) is 200 cm³/mol. The first kappa shape index (κ1) is 36.6. The molecule has 2 fully saturated rings. The van der Waals surface area contributed by atoms with Crippen LogP contribution in [0.1, 0.15) is 114 Å². The van der Waals surface area contributed by atoms with Gasteiger partial charge in [0.1, 0.15) is 11.7 Å². The molecule has 5 heterocycles. The van der Waals surface area contributed by atoms with Crippen LogP contribution in [-0.4, -0.2) is 51.9 Å². The van der Waals surface area contributed by atoms with E-state index in [1.807, 2.05) is 13.8 Å². The number of carbonyl (C=O) groups excluding carboxylic acids is 2. The summed E-state index contributed by atoms with van der Waals surface area (Å²) in [5.41, 5.74) is 9.06. The second-order valence-corrected chi connectivity index (χ2v) is 15.2. The smallest absolute Gasteiger partial charge is 0.320 e. The summed E-state index contributed by atoms with van der Waals surface area (Å²) in [7, 11) is 1.35. The quantitative estimate of drug-likeness (QED) is 0.175. The maximum atomic E-state index is 13.5. The van der Waals surface area contributed by atoms with E-state index in [2.05, 4.69) is 73.4 Å². The Kier molecular flexibility index (Phi) is 10.4. The lowest BCUT2D eigenvalue weighted by Crippen LogP contribution is -2.38. The van der Waals surface area contributed by atoms with E-state index in [0.717, 1.165) is 75.5 Å². The Balaban J connectivity index is 1.54. The van der Waals surface area contributed by atoms with Crippen molar-refractivity contribution in [3.63, 3.8) is 0 Å². The second kappa shape index (κ2) is 14.4. The number of aliphatic hydroxyl groups excluding tert-OH is 2. The molecule has 0 saturated carbocycles. The van der Waals surface area contributed by atoms with Gasteiger partial charge >= 0.3 is 11.9 Å². The van der Waals surface area contributed by atoms with Crippen molar-refractivity contribution in [2.75, 3.05) is 13.7 Å². The van der Waals surface area contributed by atoms with Gasteiger partial charge in [-0.1, -0.05) is 41.0 Å². The third-order valence-corrected chi connectivity index (χ3v) is 12.2. The normalized spacial score (nSPS) is 29.3. The highest BCUT2D eigenvalue weighted by Crippen LogP contribution is 2.43. The number of aromatic amines is 2. The summed E-state index contributed by atoms with van der Waals surface area (Å²) in [5, 5.41) is 31.6. The summed E-state index contributed by atoms with van der Waals surface area (Å²) in [6, 6.07) is -0.399. The summed E-state index contributed by atoms with van der Waals surface area (Å²) < 4.78 is 11.0. The zero-order valence-electron chi connectivity index (χ0n) is 31.6. The van der Waals surface area contributed by atoms with E-state index in [0.29, 0.717) is 29.7 Å². The highest BCUT2D eigenvalue weighted by Gasteiger charge is 2.47. The Morgan fingerprint density at radius 1 is 0.941 bits per heavy atom. The van der Waals surface area contributed by atoms with Crippen molar-refractivity contribution in [1.29, 1.82) is 0 Å². The van der Waals surface area contributed by atoms with Gasteiger partial charge in [-0.2, -0.15) is 0 Å². The van der Waals surface area contributed by atoms with Crippen LogP contribution >= 0.6 is 0 Å². The first-order valence-electron chi connectivity index (χ1n) is 18.8. The van der Waals surface area contributed by atoms with Gasteiger partial charge in [0.15, 0.2) is 0 Å². The molecule has 2 aromatic heterocycles. The van der Waals surface area contributed by atoms with E-state index < -0.39 is 24.0 Å². The SMILES string of the molecule is CCC(C)CCOC(=O)CC[C@@H]1C2N/C(=C\c3[nH]c(c(C(C)O)c3C)/C=C3\N/C(=C\c4[nH]c5c(c4C)=C(O)[C@H](C(=O)OC)C=52)[C@H](CC)[C@H]3C)[C@H]1C. The number of esters is 2. The molecule has 3 aliphatic heterocycles. The van der Waals surface area contributed by atoms with Crippen LogP contribution in [0, 0.1) is 49.4 Å². The summed E-state index contributed by atoms with van der Waals surface area (Å²) in [5.74, 6) is -1.02. The molecule has 6 rings (SSSR count). The lowest BCUT2D eigenvalue weighted by Gasteiger charge is -2.26. The minimum atomic E-state index is -0.993. The van der Waals surface area contributed by atoms with Crippen molar-refractivity contribution < 1.29 is 29.3 Å². The molecule has 276 valence electrons. The minimum absolute atomic E-state index is 0.0201. The first-order chi connectivity index (χ1) is 24.3. The van der Waals surface area contributed by atoms with Crippen molar-refractivity contribution in [2.45, 2.75) is 99.6 Å². The molecular formula is C41H56N4O6. The number of hydrogen-bond donors (Lipinski definition) is 6. The van der Waals surface area contributed by atoms with E-state index in [1.54, 1.807) is 6.92 Å². The van der Waals surface area contributed by atoms with Crippen molar-refractivity contribution in [1.82, 2.24) is 20.6 Å². The number of ether oxygens (including phenoxy) is 2. The van der Waals surface area contributed by atoms with Crippen molar-refractivity contribution in [3.8, 4) is 0 Å². The summed E-state index contributed by atoms with van der Waals surface area (Å²) >= 11 is 0. The predicted octanol–water partition coefficient (Wildman–Crippen LogP) is 5.62. The van der Waals surface area contributed by atoms with Crippen molar-refractivity contribution >= 4 is 41.5 Å². The monoisotopic (exact) mass is 700 g/mol. The lowest BCUT2D eigenvalue weighted by molar-refractivity contribution is -0.144. The van der Waals surface area contributed by atoms with Gasteiger partial charge in [0, 0.05) is 69.1 Å². The van der Waals surface area contributed by atoms with Gasteiger partial charge in [0.25, 0.3) is 0 Å². The molecule has 8 atom stereocenters. The van der Waals surface area contributed by atoms with E-state index in [9.17, 15) is 19.8 Å². The Morgan fingerprint density at radius 2 is 1.63 bits per heavy atom. The third kappa shape index (κ3) is 6.45. The topological polar surface area (TPSA) is 149 Å². The molecule has 3 unspecified atom stereocenters. The minimum Gasteiger partial charge on any atom is -0.510 e. The number of fused-ring (bicyclic) bond motifs is 8. The number of H-pyrrole nitrogens is 2. The molecule has 51 heavy (non-hydrogen) atoms. The van der Waals surface area contributed by atoms with Crippen LogP contribution in [-0.2, 0) is 19.1 Å². The maximum Gasteiger partial charge on any atom is 0.320 e. The van der Waals surface area contributed by atoms with Crippen LogP contribution in [0.3, 0.4) is 0 Å². The van der Waals surface area contributed by atoms with Gasteiger partial charge in [0.05, 0.1) is 31.2 Å². The third-order valence-electron chi connectivity index (χ3n) is 12.2. The number of aliphatic hydroxyl groups is 2. The van der Waals surface area contributed by atoms with Crippen molar-refractivity contribution in [2.24, 2.45) is 35.5 Å². The molecule has 0 aromatic carbocycles. The Hall–Kier alpha value is -4.18. The number of carbonyl (C=O) groups is 2. The molecule has 2 saturated heterocycles. The van der Waals surface area contributed by atoms with Crippen LogP contribution in [0.25, 0.3) is 29.6 Å². The molecule has 4 aliphatic rings. The summed E-state index contributed by atoms with van der Waals surface area (Å²) in [4.78, 5) is 33.8. The van der Waals surface area contributed by atoms with Gasteiger partial charge < -0.3 is 40.3 Å². The van der Waals surface area contributed by atoms with Gasteiger partial charge in [0.2, 0.25) is 0 Å². The highest BCUT2D eigenvalue weighted by atomic mass is 16.5. The lowest BCUT2D eigenvalue weighted by atomic mass is 9.80. The number of methoxy groups -OCH3 is 1. The van der Waals surface area contributed by atoms with Gasteiger partial charge in [-0.15, -0.1) is 0 Å². The Bertz CT molecular complexity index is 1930. The molecule has 8 bridgehead atoms.